The zero-order chi connectivity index (χ0) is 18.9. The molecule has 0 aliphatic carbocycles. The van der Waals surface area contributed by atoms with E-state index in [1.54, 1.807) is 29.2 Å². The number of thioether (sulfide) groups is 1. The number of allylic oxidation sites excluding steroid dienone is 1. The van der Waals surface area contributed by atoms with Gasteiger partial charge in [-0.05, 0) is 12.1 Å². The lowest BCUT2D eigenvalue weighted by atomic mass is 9.91. The van der Waals surface area contributed by atoms with Gasteiger partial charge in [0.1, 0.15) is 5.69 Å². The largest absolute Gasteiger partial charge is 0.359 e. The Morgan fingerprint density at radius 3 is 2.69 bits per heavy atom. The fourth-order valence-electron chi connectivity index (χ4n) is 2.33. The first-order valence-corrected chi connectivity index (χ1v) is 9.51. The Morgan fingerprint density at radius 1 is 1.35 bits per heavy atom. The summed E-state index contributed by atoms with van der Waals surface area (Å²) in [4.78, 5) is 26.0. The van der Waals surface area contributed by atoms with E-state index in [0.717, 1.165) is 5.56 Å². The van der Waals surface area contributed by atoms with Crippen LogP contribution >= 0.6 is 23.4 Å². The van der Waals surface area contributed by atoms with E-state index in [-0.39, 0.29) is 18.2 Å². The van der Waals surface area contributed by atoms with Gasteiger partial charge < -0.3 is 4.52 Å². The predicted octanol–water partition coefficient (Wildman–Crippen LogP) is 4.53. The molecule has 1 aromatic heterocycles. The summed E-state index contributed by atoms with van der Waals surface area (Å²) < 4.78 is 5.38. The highest BCUT2D eigenvalue weighted by Crippen LogP contribution is 2.32. The number of ketones is 1. The topological polar surface area (TPSA) is 63.4 Å². The van der Waals surface area contributed by atoms with Crippen LogP contribution in [0.2, 0.25) is 5.02 Å². The van der Waals surface area contributed by atoms with Crippen molar-refractivity contribution in [3.8, 4) is 11.3 Å². The molecule has 0 atom stereocenters. The number of carbonyl (C=O) groups is 2. The van der Waals surface area contributed by atoms with Crippen molar-refractivity contribution >= 4 is 35.1 Å². The van der Waals surface area contributed by atoms with Crippen LogP contribution in [0.25, 0.3) is 11.3 Å². The number of amides is 1. The quantitative estimate of drug-likeness (QED) is 0.718. The maximum absolute atomic E-state index is 12.3. The molecule has 1 saturated heterocycles. The number of rotatable bonds is 4. The standard InChI is InChI=1S/C19H19ClN2O3S/c1-19(2,3)16(23)9-18-22(17(24)11-26-18)10-14-8-15(21-25-14)12-4-6-13(20)7-5-12/h4-9H,10-11H2,1-3H3/b18-9-. The van der Waals surface area contributed by atoms with Crippen LogP contribution in [0, 0.1) is 5.41 Å². The Bertz CT molecular complexity index is 866. The third-order valence-corrected chi connectivity index (χ3v) is 5.19. The van der Waals surface area contributed by atoms with Gasteiger partial charge in [-0.25, -0.2) is 0 Å². The van der Waals surface area contributed by atoms with Crippen LogP contribution in [0.3, 0.4) is 0 Å². The minimum absolute atomic E-state index is 0.0147. The number of carbonyl (C=O) groups excluding carboxylic acids is 2. The monoisotopic (exact) mass is 390 g/mol. The van der Waals surface area contributed by atoms with Crippen LogP contribution in [0.5, 0.6) is 0 Å². The van der Waals surface area contributed by atoms with Crippen LogP contribution in [-0.4, -0.2) is 27.5 Å². The van der Waals surface area contributed by atoms with Gasteiger partial charge in [0.15, 0.2) is 11.5 Å². The number of benzene rings is 1. The fraction of sp³-hybridized carbons (Fsp3) is 0.316. The molecule has 1 amide bonds. The molecule has 1 aromatic carbocycles. The maximum atomic E-state index is 12.3. The van der Waals surface area contributed by atoms with Gasteiger partial charge >= 0.3 is 0 Å². The lowest BCUT2D eigenvalue weighted by molar-refractivity contribution is -0.126. The van der Waals surface area contributed by atoms with Crippen LogP contribution in [0.15, 0.2) is 46.0 Å². The third kappa shape index (κ3) is 4.19. The summed E-state index contributed by atoms with van der Waals surface area (Å²) in [6.45, 7) is 5.81. The molecule has 0 bridgehead atoms. The van der Waals surface area contributed by atoms with E-state index in [1.807, 2.05) is 32.9 Å². The summed E-state index contributed by atoms with van der Waals surface area (Å²) in [7, 11) is 0. The second-order valence-corrected chi connectivity index (χ2v) is 8.48. The second-order valence-electron chi connectivity index (χ2n) is 7.05. The lowest BCUT2D eigenvalue weighted by Crippen LogP contribution is -2.25. The summed E-state index contributed by atoms with van der Waals surface area (Å²) in [5.41, 5.74) is 1.07. The van der Waals surface area contributed by atoms with Crippen molar-refractivity contribution in [2.24, 2.45) is 5.41 Å². The van der Waals surface area contributed by atoms with E-state index in [9.17, 15) is 9.59 Å². The van der Waals surface area contributed by atoms with Crippen LogP contribution < -0.4 is 0 Å². The van der Waals surface area contributed by atoms with Gasteiger partial charge in [0.25, 0.3) is 0 Å². The first-order chi connectivity index (χ1) is 12.2. The first kappa shape index (κ1) is 18.7. The Hall–Kier alpha value is -2.05. The zero-order valence-corrected chi connectivity index (χ0v) is 16.4. The SMILES string of the molecule is CC(C)(C)C(=O)/C=C1\SCC(=O)N1Cc1cc(-c2ccc(Cl)cc2)no1. The van der Waals surface area contributed by atoms with Gasteiger partial charge in [-0.15, -0.1) is 0 Å². The highest BCUT2D eigenvalue weighted by atomic mass is 35.5. The molecule has 1 fully saturated rings. The predicted molar refractivity (Wildman–Crippen MR) is 103 cm³/mol. The Labute approximate surface area is 161 Å². The van der Waals surface area contributed by atoms with E-state index in [4.69, 9.17) is 16.1 Å². The van der Waals surface area contributed by atoms with E-state index >= 15 is 0 Å². The zero-order valence-electron chi connectivity index (χ0n) is 14.8. The highest BCUT2D eigenvalue weighted by molar-refractivity contribution is 8.04. The average Bonchev–Trinajstić information content (AvgIpc) is 3.17. The molecule has 7 heteroatoms. The van der Waals surface area contributed by atoms with Crippen LogP contribution in [0.1, 0.15) is 26.5 Å². The van der Waals surface area contributed by atoms with Crippen molar-refractivity contribution in [3.63, 3.8) is 0 Å². The summed E-state index contributed by atoms with van der Waals surface area (Å²) >= 11 is 7.27. The minimum Gasteiger partial charge on any atom is -0.359 e. The number of halogens is 1. The van der Waals surface area contributed by atoms with Gasteiger partial charge in [-0.3, -0.25) is 14.5 Å². The summed E-state index contributed by atoms with van der Waals surface area (Å²) in [6.07, 6.45) is 1.55. The maximum Gasteiger partial charge on any atom is 0.238 e. The van der Waals surface area contributed by atoms with E-state index in [0.29, 0.717) is 27.3 Å². The molecule has 2 aromatic rings. The molecule has 0 unspecified atom stereocenters. The lowest BCUT2D eigenvalue weighted by Gasteiger charge is -2.18. The molecule has 2 heterocycles. The second kappa shape index (κ2) is 7.29. The van der Waals surface area contributed by atoms with Gasteiger partial charge in [0.2, 0.25) is 5.91 Å². The normalized spacial score (nSPS) is 16.5. The molecule has 26 heavy (non-hydrogen) atoms. The summed E-state index contributed by atoms with van der Waals surface area (Å²) in [5.74, 6) is 0.813. The van der Waals surface area contributed by atoms with Gasteiger partial charge in [-0.2, -0.15) is 0 Å². The Morgan fingerprint density at radius 2 is 2.04 bits per heavy atom. The van der Waals surface area contributed by atoms with Gasteiger partial charge in [0, 0.05) is 28.1 Å². The Balaban J connectivity index is 1.79. The van der Waals surface area contributed by atoms with Crippen molar-refractivity contribution < 1.29 is 14.1 Å². The van der Waals surface area contributed by atoms with Gasteiger partial charge in [-0.1, -0.05) is 61.4 Å². The fourth-order valence-corrected chi connectivity index (χ4v) is 3.39. The van der Waals surface area contributed by atoms with Gasteiger partial charge in [0.05, 0.1) is 17.3 Å². The number of hydrogen-bond acceptors (Lipinski definition) is 5. The van der Waals surface area contributed by atoms with Crippen molar-refractivity contribution in [1.82, 2.24) is 10.1 Å². The van der Waals surface area contributed by atoms with Crippen molar-refractivity contribution in [2.75, 3.05) is 5.75 Å². The average molecular weight is 391 g/mol. The molecule has 136 valence electrons. The third-order valence-electron chi connectivity index (χ3n) is 3.92. The molecule has 0 N–H and O–H groups in total. The molecule has 1 aliphatic heterocycles. The van der Waals surface area contributed by atoms with E-state index < -0.39 is 5.41 Å². The first-order valence-electron chi connectivity index (χ1n) is 8.15. The van der Waals surface area contributed by atoms with Crippen molar-refractivity contribution in [3.05, 3.63) is 52.2 Å². The van der Waals surface area contributed by atoms with Crippen molar-refractivity contribution in [2.45, 2.75) is 27.3 Å². The molecule has 1 aliphatic rings. The summed E-state index contributed by atoms with van der Waals surface area (Å²) in [5, 5.41) is 5.36. The van der Waals surface area contributed by atoms with Crippen LogP contribution in [0.4, 0.5) is 0 Å². The minimum atomic E-state index is -0.487. The van der Waals surface area contributed by atoms with E-state index in [1.165, 1.54) is 11.8 Å². The number of hydrogen-bond donors (Lipinski definition) is 0. The number of nitrogens with zero attached hydrogens (tertiary/aromatic N) is 2. The molecule has 5 nitrogen and oxygen atoms in total. The number of aromatic nitrogens is 1. The molecular formula is C19H19ClN2O3S. The highest BCUT2D eigenvalue weighted by Gasteiger charge is 2.30. The summed E-state index contributed by atoms with van der Waals surface area (Å²) in [6, 6.07) is 9.07. The Kier molecular flexibility index (Phi) is 5.25. The van der Waals surface area contributed by atoms with Crippen molar-refractivity contribution in [1.29, 1.82) is 0 Å². The van der Waals surface area contributed by atoms with E-state index in [2.05, 4.69) is 5.16 Å². The molecular weight excluding hydrogens is 372 g/mol. The molecule has 0 radical (unpaired) electrons. The molecule has 3 rings (SSSR count). The smallest absolute Gasteiger partial charge is 0.238 e. The molecule has 0 saturated carbocycles. The van der Waals surface area contributed by atoms with Crippen LogP contribution in [-0.2, 0) is 16.1 Å². The molecule has 0 spiro atoms.